The van der Waals surface area contributed by atoms with Crippen molar-refractivity contribution in [3.63, 3.8) is 0 Å². The van der Waals surface area contributed by atoms with Gasteiger partial charge in [0.2, 0.25) is 0 Å². The summed E-state index contributed by atoms with van der Waals surface area (Å²) in [6.07, 6.45) is 0. The van der Waals surface area contributed by atoms with Crippen LogP contribution in [0.5, 0.6) is 5.75 Å². The monoisotopic (exact) mass is 327 g/mol. The molecule has 1 nitrogen and oxygen atoms in total. The van der Waals surface area contributed by atoms with Crippen molar-refractivity contribution in [1.82, 2.24) is 0 Å². The second kappa shape index (κ2) is 3.28. The summed E-state index contributed by atoms with van der Waals surface area (Å²) in [5.74, 6) is 0.975. The van der Waals surface area contributed by atoms with Crippen molar-refractivity contribution in [2.24, 2.45) is 0 Å². The van der Waals surface area contributed by atoms with Crippen molar-refractivity contribution in [3.8, 4) is 5.75 Å². The Morgan fingerprint density at radius 1 is 0.917 bits per heavy atom. The molecule has 12 heavy (non-hydrogen) atoms. The van der Waals surface area contributed by atoms with E-state index in [4.69, 9.17) is 3.39 Å². The minimum atomic E-state index is 0.975. The van der Waals surface area contributed by atoms with Crippen LogP contribution in [0, 0.1) is 0 Å². The standard InChI is InChI=1S/C10H8O.W/c11-10-7-3-5-8-4-1-2-6-9(8)10;/h1-7,11H;/q;+1/p-1. The fourth-order valence-electron chi connectivity index (χ4n) is 1.27. The Hall–Kier alpha value is -0.812. The molecule has 0 unspecified atom stereocenters. The molecule has 0 aliphatic heterocycles. The summed E-state index contributed by atoms with van der Waals surface area (Å²) in [5.41, 5.74) is 0. The van der Waals surface area contributed by atoms with Crippen LogP contribution in [0.2, 0.25) is 0 Å². The number of hydrogen-bond donors (Lipinski definition) is 0. The molecule has 0 radical (unpaired) electrons. The summed E-state index contributed by atoms with van der Waals surface area (Å²) in [4.78, 5) is 0. The van der Waals surface area contributed by atoms with E-state index in [0.29, 0.717) is 0 Å². The zero-order chi connectivity index (χ0) is 8.39. The second-order valence-corrected chi connectivity index (χ2v) is 3.16. The molecule has 0 aliphatic rings. The van der Waals surface area contributed by atoms with Gasteiger partial charge in [0, 0.05) is 0 Å². The Kier molecular flexibility index (Phi) is 2.14. The van der Waals surface area contributed by atoms with Crippen LogP contribution in [0.3, 0.4) is 0 Å². The van der Waals surface area contributed by atoms with Gasteiger partial charge >= 0.3 is 82.6 Å². The summed E-state index contributed by atoms with van der Waals surface area (Å²) >= 11 is 1.13. The molecule has 0 amide bonds. The van der Waals surface area contributed by atoms with Gasteiger partial charge in [0.15, 0.2) is 0 Å². The van der Waals surface area contributed by atoms with E-state index in [-0.39, 0.29) is 0 Å². The van der Waals surface area contributed by atoms with E-state index in [1.54, 1.807) is 0 Å². The number of rotatable bonds is 1. The van der Waals surface area contributed by atoms with Gasteiger partial charge in [-0.3, -0.25) is 0 Å². The van der Waals surface area contributed by atoms with Gasteiger partial charge in [0.05, 0.1) is 0 Å². The molecule has 0 saturated carbocycles. The normalized spacial score (nSPS) is 10.0. The molecule has 0 saturated heterocycles. The number of benzene rings is 2. The Balaban J connectivity index is 2.79. The van der Waals surface area contributed by atoms with E-state index in [1.807, 2.05) is 24.3 Å². The molecular formula is C10H7OW. The third-order valence-electron chi connectivity index (χ3n) is 1.84. The maximum absolute atomic E-state index is 5.31. The van der Waals surface area contributed by atoms with Gasteiger partial charge in [0.25, 0.3) is 0 Å². The summed E-state index contributed by atoms with van der Waals surface area (Å²) < 4.78 is 5.31. The number of fused-ring (bicyclic) bond motifs is 1. The zero-order valence-corrected chi connectivity index (χ0v) is 9.29. The topological polar surface area (TPSA) is 9.23 Å². The van der Waals surface area contributed by atoms with E-state index in [0.717, 1.165) is 25.9 Å². The molecule has 0 aliphatic carbocycles. The molecule has 0 heterocycles. The minimum absolute atomic E-state index is 0.975. The second-order valence-electron chi connectivity index (χ2n) is 2.56. The Labute approximate surface area is 82.7 Å². The first-order chi connectivity index (χ1) is 5.92. The average molecular weight is 327 g/mol. The molecule has 2 rings (SSSR count). The van der Waals surface area contributed by atoms with Crippen molar-refractivity contribution >= 4 is 10.8 Å². The fraction of sp³-hybridized carbons (Fsp3) is 0. The third kappa shape index (κ3) is 1.25. The molecule has 0 aromatic heterocycles. The first kappa shape index (κ1) is 7.82. The summed E-state index contributed by atoms with van der Waals surface area (Å²) in [6, 6.07) is 14.3. The van der Waals surface area contributed by atoms with Crippen LogP contribution in [-0.4, -0.2) is 0 Å². The van der Waals surface area contributed by atoms with Crippen molar-refractivity contribution in [1.29, 1.82) is 0 Å². The van der Waals surface area contributed by atoms with Gasteiger partial charge in [-0.15, -0.1) is 0 Å². The summed E-state index contributed by atoms with van der Waals surface area (Å²) in [6.45, 7) is 0. The average Bonchev–Trinajstić information content (AvgIpc) is 2.17. The molecule has 0 bridgehead atoms. The van der Waals surface area contributed by atoms with E-state index in [1.165, 1.54) is 10.8 Å². The molecule has 2 aromatic rings. The van der Waals surface area contributed by atoms with Crippen molar-refractivity contribution in [2.45, 2.75) is 0 Å². The zero-order valence-electron chi connectivity index (χ0n) is 6.36. The molecule has 2 aromatic carbocycles. The van der Waals surface area contributed by atoms with Crippen molar-refractivity contribution in [2.75, 3.05) is 0 Å². The molecule has 0 spiro atoms. The van der Waals surface area contributed by atoms with Gasteiger partial charge < -0.3 is 0 Å². The van der Waals surface area contributed by atoms with Gasteiger partial charge in [0.1, 0.15) is 0 Å². The van der Waals surface area contributed by atoms with E-state index < -0.39 is 0 Å². The van der Waals surface area contributed by atoms with Crippen LogP contribution in [0.25, 0.3) is 10.8 Å². The first-order valence-corrected chi connectivity index (χ1v) is 4.89. The van der Waals surface area contributed by atoms with Crippen LogP contribution in [0.1, 0.15) is 0 Å². The van der Waals surface area contributed by atoms with Crippen LogP contribution >= 0.6 is 0 Å². The molecule has 0 fully saturated rings. The fourth-order valence-corrected chi connectivity index (χ4v) is 1.79. The van der Waals surface area contributed by atoms with Crippen LogP contribution in [-0.2, 0) is 20.2 Å². The number of hydrogen-bond acceptors (Lipinski definition) is 1. The summed E-state index contributed by atoms with van der Waals surface area (Å²) in [5, 5.41) is 2.42. The quantitative estimate of drug-likeness (QED) is 0.783. The van der Waals surface area contributed by atoms with Gasteiger partial charge in [-0.25, -0.2) is 0 Å². The van der Waals surface area contributed by atoms with E-state index in [2.05, 4.69) is 18.2 Å². The van der Waals surface area contributed by atoms with E-state index >= 15 is 0 Å². The first-order valence-electron chi connectivity index (χ1n) is 3.69. The molecule has 2 heteroatoms. The predicted molar refractivity (Wildman–Crippen MR) is 44.6 cm³/mol. The van der Waals surface area contributed by atoms with Gasteiger partial charge in [-0.05, 0) is 0 Å². The Morgan fingerprint density at radius 3 is 2.50 bits per heavy atom. The Bertz CT molecular complexity index is 392. The molecule has 0 atom stereocenters. The van der Waals surface area contributed by atoms with Crippen molar-refractivity contribution < 1.29 is 23.6 Å². The maximum atomic E-state index is 5.31. The molecular weight excluding hydrogens is 320 g/mol. The van der Waals surface area contributed by atoms with E-state index in [9.17, 15) is 0 Å². The molecule has 0 N–H and O–H groups in total. The summed E-state index contributed by atoms with van der Waals surface area (Å²) in [7, 11) is 0. The third-order valence-corrected chi connectivity index (χ3v) is 2.48. The van der Waals surface area contributed by atoms with Gasteiger partial charge in [-0.2, -0.15) is 0 Å². The van der Waals surface area contributed by atoms with Crippen LogP contribution in [0.4, 0.5) is 0 Å². The van der Waals surface area contributed by atoms with Crippen molar-refractivity contribution in [3.05, 3.63) is 42.5 Å². The van der Waals surface area contributed by atoms with Crippen LogP contribution in [0.15, 0.2) is 42.5 Å². The Morgan fingerprint density at radius 2 is 1.67 bits per heavy atom. The predicted octanol–water partition coefficient (Wildman–Crippen LogP) is 2.68. The van der Waals surface area contributed by atoms with Crippen LogP contribution < -0.4 is 3.39 Å². The SMILES string of the molecule is [W][O]c1cccc2ccccc12. The molecule has 59 valence electrons. The van der Waals surface area contributed by atoms with Gasteiger partial charge in [-0.1, -0.05) is 0 Å².